The molecule has 1 N–H and O–H groups in total. The molecule has 0 aliphatic rings. The lowest BCUT2D eigenvalue weighted by molar-refractivity contribution is 0.0966. The van der Waals surface area contributed by atoms with E-state index in [1.165, 1.54) is 16.0 Å². The van der Waals surface area contributed by atoms with Crippen molar-refractivity contribution < 1.29 is 4.79 Å². The van der Waals surface area contributed by atoms with E-state index in [4.69, 9.17) is 5.41 Å². The lowest BCUT2D eigenvalue weighted by Gasteiger charge is -2.00. The quantitative estimate of drug-likeness (QED) is 0.882. The topological polar surface area (TPSA) is 58.7 Å². The molecule has 6 heteroatoms. The highest BCUT2D eigenvalue weighted by atomic mass is 79.9. The number of benzene rings is 1. The van der Waals surface area contributed by atoms with Crippen LogP contribution >= 0.6 is 27.3 Å². The number of halogens is 1. The second-order valence-electron chi connectivity index (χ2n) is 3.11. The molecule has 16 heavy (non-hydrogen) atoms. The average Bonchev–Trinajstić information content (AvgIpc) is 2.59. The fourth-order valence-corrected chi connectivity index (χ4v) is 2.41. The van der Waals surface area contributed by atoms with Crippen LogP contribution in [0.5, 0.6) is 0 Å². The van der Waals surface area contributed by atoms with Crippen molar-refractivity contribution in [1.82, 2.24) is 9.78 Å². The zero-order valence-electron chi connectivity index (χ0n) is 8.18. The van der Waals surface area contributed by atoms with E-state index in [2.05, 4.69) is 21.0 Å². The molecule has 2 rings (SSSR count). The Morgan fingerprint density at radius 2 is 2.12 bits per heavy atom. The molecule has 1 aromatic carbocycles. The molecule has 0 unspecified atom stereocenters. The Bertz CT molecular complexity index is 561. The van der Waals surface area contributed by atoms with Gasteiger partial charge in [0, 0.05) is 5.56 Å². The van der Waals surface area contributed by atoms with E-state index in [1.807, 2.05) is 18.2 Å². The molecule has 0 bridgehead atoms. The number of nitrogens with one attached hydrogen (secondary N) is 1. The first kappa shape index (κ1) is 11.2. The van der Waals surface area contributed by atoms with Gasteiger partial charge in [-0.3, -0.25) is 10.2 Å². The number of nitrogens with zero attached hydrogens (tertiary/aromatic N) is 2. The van der Waals surface area contributed by atoms with E-state index in [-0.39, 0.29) is 17.1 Å². The van der Waals surface area contributed by atoms with Gasteiger partial charge in [-0.1, -0.05) is 41.7 Å². The van der Waals surface area contributed by atoms with Crippen molar-refractivity contribution >= 4 is 33.0 Å². The fourth-order valence-electron chi connectivity index (χ4n) is 1.25. The number of Topliss-reactive ketones (excluding diaryl/α,β-unsaturated/α-hetero) is 1. The van der Waals surface area contributed by atoms with Crippen LogP contribution in [0.1, 0.15) is 10.4 Å². The number of hydrogen-bond acceptors (Lipinski definition) is 4. The number of hydrogen-bond donors (Lipinski definition) is 1. The molecule has 2 aromatic rings. The second-order valence-corrected chi connectivity index (χ2v) is 5.36. The molecular formula is C10H8BrN3OS. The van der Waals surface area contributed by atoms with Gasteiger partial charge in [0.25, 0.3) is 0 Å². The Hall–Kier alpha value is -1.27. The molecule has 1 aromatic heterocycles. The van der Waals surface area contributed by atoms with Gasteiger partial charge in [0.05, 0.1) is 0 Å². The van der Waals surface area contributed by atoms with Crippen molar-refractivity contribution in [1.29, 1.82) is 5.41 Å². The normalized spacial score (nSPS) is 10.3. The van der Waals surface area contributed by atoms with Crippen molar-refractivity contribution in [3.63, 3.8) is 0 Å². The summed E-state index contributed by atoms with van der Waals surface area (Å²) in [6.07, 6.45) is 0. The minimum Gasteiger partial charge on any atom is -0.292 e. The molecule has 0 atom stereocenters. The van der Waals surface area contributed by atoms with Crippen LogP contribution in [0, 0.1) is 5.41 Å². The molecule has 1 heterocycles. The molecule has 82 valence electrons. The molecule has 0 saturated heterocycles. The predicted molar refractivity (Wildman–Crippen MR) is 64.4 cm³/mol. The van der Waals surface area contributed by atoms with E-state index in [0.717, 1.165) is 0 Å². The van der Waals surface area contributed by atoms with E-state index in [0.29, 0.717) is 9.48 Å². The Kier molecular flexibility index (Phi) is 3.31. The number of rotatable bonds is 3. The second kappa shape index (κ2) is 4.71. The van der Waals surface area contributed by atoms with Crippen molar-refractivity contribution in [2.75, 3.05) is 0 Å². The summed E-state index contributed by atoms with van der Waals surface area (Å²) in [5.41, 5.74) is 0.638. The van der Waals surface area contributed by atoms with Gasteiger partial charge in [0.15, 0.2) is 9.70 Å². The minimum atomic E-state index is -0.0445. The third-order valence-electron chi connectivity index (χ3n) is 2.00. The molecule has 0 radical (unpaired) electrons. The summed E-state index contributed by atoms with van der Waals surface area (Å²) in [7, 11) is 0. The third-order valence-corrected chi connectivity index (χ3v) is 3.30. The van der Waals surface area contributed by atoms with Crippen molar-refractivity contribution in [3.8, 4) is 0 Å². The lowest BCUT2D eigenvalue weighted by Crippen LogP contribution is -2.20. The minimum absolute atomic E-state index is 0.0445. The highest BCUT2D eigenvalue weighted by molar-refractivity contribution is 9.11. The van der Waals surface area contributed by atoms with Crippen LogP contribution in [-0.4, -0.2) is 15.6 Å². The Labute approximate surface area is 104 Å². The molecule has 0 fully saturated rings. The van der Waals surface area contributed by atoms with Crippen molar-refractivity contribution in [3.05, 3.63) is 44.6 Å². The molecule has 0 aliphatic carbocycles. The number of aromatic nitrogens is 2. The zero-order chi connectivity index (χ0) is 11.5. The molecule has 0 aliphatic heterocycles. The van der Waals surface area contributed by atoms with Crippen LogP contribution in [0.2, 0.25) is 0 Å². The average molecular weight is 298 g/mol. The summed E-state index contributed by atoms with van der Waals surface area (Å²) in [6, 6.07) is 9.01. The van der Waals surface area contributed by atoms with E-state index >= 15 is 0 Å². The summed E-state index contributed by atoms with van der Waals surface area (Å²) in [4.78, 5) is 12.1. The number of carbonyl (C=O) groups is 1. The van der Waals surface area contributed by atoms with E-state index in [1.54, 1.807) is 12.1 Å². The fraction of sp³-hybridized carbons (Fsp3) is 0.100. The van der Waals surface area contributed by atoms with Crippen LogP contribution in [-0.2, 0) is 6.54 Å². The summed E-state index contributed by atoms with van der Waals surface area (Å²) in [5, 5.41) is 11.6. The summed E-state index contributed by atoms with van der Waals surface area (Å²) in [5.74, 6) is -0.0445. The van der Waals surface area contributed by atoms with Crippen LogP contribution in [0.15, 0.2) is 34.2 Å². The first-order valence-electron chi connectivity index (χ1n) is 4.53. The van der Waals surface area contributed by atoms with Crippen LogP contribution < -0.4 is 4.80 Å². The van der Waals surface area contributed by atoms with Gasteiger partial charge in [-0.15, -0.1) is 0 Å². The Morgan fingerprint density at radius 3 is 2.69 bits per heavy atom. The first-order valence-corrected chi connectivity index (χ1v) is 6.14. The predicted octanol–water partition coefficient (Wildman–Crippen LogP) is 2.07. The van der Waals surface area contributed by atoms with E-state index < -0.39 is 0 Å². The van der Waals surface area contributed by atoms with E-state index in [9.17, 15) is 4.79 Å². The molecule has 0 amide bonds. The standard InChI is InChI=1S/C10H8BrN3OS/c11-9-13-14(10(12)16-9)6-8(15)7-4-2-1-3-5-7/h1-5,12H,6H2. The van der Waals surface area contributed by atoms with Gasteiger partial charge in [0.2, 0.25) is 4.80 Å². The summed E-state index contributed by atoms with van der Waals surface area (Å²) < 4.78 is 1.99. The largest absolute Gasteiger partial charge is 0.292 e. The first-order chi connectivity index (χ1) is 7.66. The Morgan fingerprint density at radius 1 is 1.44 bits per heavy atom. The van der Waals surface area contributed by atoms with Crippen LogP contribution in [0.3, 0.4) is 0 Å². The smallest absolute Gasteiger partial charge is 0.201 e. The maximum atomic E-state index is 11.8. The van der Waals surface area contributed by atoms with Crippen molar-refractivity contribution in [2.24, 2.45) is 0 Å². The maximum absolute atomic E-state index is 11.8. The van der Waals surface area contributed by atoms with Crippen LogP contribution in [0.4, 0.5) is 0 Å². The van der Waals surface area contributed by atoms with Crippen LogP contribution in [0.25, 0.3) is 0 Å². The van der Waals surface area contributed by atoms with Gasteiger partial charge in [-0.05, 0) is 15.9 Å². The summed E-state index contributed by atoms with van der Waals surface area (Å²) >= 11 is 4.37. The lowest BCUT2D eigenvalue weighted by atomic mass is 10.1. The van der Waals surface area contributed by atoms with Gasteiger partial charge in [-0.2, -0.15) is 5.10 Å². The van der Waals surface area contributed by atoms with Gasteiger partial charge in [0.1, 0.15) is 6.54 Å². The summed E-state index contributed by atoms with van der Waals surface area (Å²) in [6.45, 7) is 0.102. The zero-order valence-corrected chi connectivity index (χ0v) is 10.6. The monoisotopic (exact) mass is 297 g/mol. The molecular weight excluding hydrogens is 290 g/mol. The van der Waals surface area contributed by atoms with Gasteiger partial charge >= 0.3 is 0 Å². The molecule has 0 saturated carbocycles. The number of ketones is 1. The molecule has 0 spiro atoms. The SMILES string of the molecule is N=c1sc(Br)nn1CC(=O)c1ccccc1. The highest BCUT2D eigenvalue weighted by Gasteiger charge is 2.08. The van der Waals surface area contributed by atoms with Gasteiger partial charge < -0.3 is 0 Å². The van der Waals surface area contributed by atoms with Gasteiger partial charge in [-0.25, -0.2) is 4.68 Å². The highest BCUT2D eigenvalue weighted by Crippen LogP contribution is 2.08. The maximum Gasteiger partial charge on any atom is 0.201 e. The third kappa shape index (κ3) is 2.45. The Balaban J connectivity index is 2.20. The number of carbonyl (C=O) groups excluding carboxylic acids is 1. The van der Waals surface area contributed by atoms with Crippen molar-refractivity contribution in [2.45, 2.75) is 6.54 Å². The molecule has 4 nitrogen and oxygen atoms in total.